The van der Waals surface area contributed by atoms with E-state index in [2.05, 4.69) is 17.2 Å². The topological polar surface area (TPSA) is 75.6 Å². The van der Waals surface area contributed by atoms with Gasteiger partial charge in [-0.3, -0.25) is 4.79 Å². The predicted octanol–water partition coefficient (Wildman–Crippen LogP) is 2.72. The standard InChI is InChI=1S/C17H20FNO4/c1-17(2,3)23-16(22)19-9-5-4-6-12-7-8-13(11-15(20)21)14(18)10-12/h7-8,10H,5,9,11H2,1-3H3,(H,19,22)(H,20,21). The quantitative estimate of drug-likeness (QED) is 0.660. The zero-order chi connectivity index (χ0) is 17.5. The maximum atomic E-state index is 13.6. The Morgan fingerprint density at radius 3 is 2.61 bits per heavy atom. The highest BCUT2D eigenvalue weighted by Crippen LogP contribution is 2.10. The lowest BCUT2D eigenvalue weighted by atomic mass is 10.1. The van der Waals surface area contributed by atoms with Crippen LogP contribution in [-0.2, 0) is 16.0 Å². The molecule has 6 heteroatoms. The Morgan fingerprint density at radius 2 is 2.04 bits per heavy atom. The van der Waals surface area contributed by atoms with Gasteiger partial charge < -0.3 is 15.2 Å². The van der Waals surface area contributed by atoms with Crippen molar-refractivity contribution in [2.75, 3.05) is 6.54 Å². The Kier molecular flexibility index (Phi) is 6.58. The molecule has 0 heterocycles. The van der Waals surface area contributed by atoms with Crippen molar-refractivity contribution in [1.29, 1.82) is 0 Å². The second-order valence-corrected chi connectivity index (χ2v) is 5.86. The van der Waals surface area contributed by atoms with Crippen molar-refractivity contribution < 1.29 is 23.8 Å². The number of rotatable bonds is 4. The molecule has 0 aliphatic heterocycles. The SMILES string of the molecule is CC(C)(C)OC(=O)NCCC#Cc1ccc(CC(=O)O)c(F)c1. The summed E-state index contributed by atoms with van der Waals surface area (Å²) >= 11 is 0. The van der Waals surface area contributed by atoms with E-state index in [9.17, 15) is 14.0 Å². The third-order valence-corrected chi connectivity index (χ3v) is 2.55. The lowest BCUT2D eigenvalue weighted by Crippen LogP contribution is -2.32. The number of amides is 1. The van der Waals surface area contributed by atoms with E-state index in [1.807, 2.05) is 0 Å². The minimum Gasteiger partial charge on any atom is -0.481 e. The molecule has 0 atom stereocenters. The van der Waals surface area contributed by atoms with Crippen molar-refractivity contribution in [3.8, 4) is 11.8 Å². The summed E-state index contributed by atoms with van der Waals surface area (Å²) in [7, 11) is 0. The van der Waals surface area contributed by atoms with E-state index >= 15 is 0 Å². The molecule has 0 unspecified atom stereocenters. The fourth-order valence-corrected chi connectivity index (χ4v) is 1.64. The molecular formula is C17H20FNO4. The molecule has 5 nitrogen and oxygen atoms in total. The summed E-state index contributed by atoms with van der Waals surface area (Å²) in [6.07, 6.45) is -0.486. The van der Waals surface area contributed by atoms with Crippen molar-refractivity contribution in [1.82, 2.24) is 5.32 Å². The predicted molar refractivity (Wildman–Crippen MR) is 83.5 cm³/mol. The summed E-state index contributed by atoms with van der Waals surface area (Å²) < 4.78 is 18.7. The summed E-state index contributed by atoms with van der Waals surface area (Å²) in [6, 6.07) is 4.18. The molecule has 1 aromatic carbocycles. The lowest BCUT2D eigenvalue weighted by Gasteiger charge is -2.19. The third-order valence-electron chi connectivity index (χ3n) is 2.55. The Bertz CT molecular complexity index is 638. The van der Waals surface area contributed by atoms with Gasteiger partial charge in [-0.25, -0.2) is 9.18 Å². The Hall–Kier alpha value is -2.55. The molecule has 2 N–H and O–H groups in total. The molecule has 124 valence electrons. The Morgan fingerprint density at radius 1 is 1.35 bits per heavy atom. The minimum atomic E-state index is -1.09. The molecule has 1 rings (SSSR count). The number of carboxylic acid groups (broad SMARTS) is 1. The van der Waals surface area contributed by atoms with E-state index in [0.717, 1.165) is 0 Å². The molecule has 0 radical (unpaired) electrons. The molecule has 0 aliphatic carbocycles. The fourth-order valence-electron chi connectivity index (χ4n) is 1.64. The van der Waals surface area contributed by atoms with E-state index in [1.54, 1.807) is 26.8 Å². The van der Waals surface area contributed by atoms with Crippen LogP contribution in [0.5, 0.6) is 0 Å². The summed E-state index contributed by atoms with van der Waals surface area (Å²) in [5.74, 6) is 3.88. The van der Waals surface area contributed by atoms with Gasteiger partial charge in [0.1, 0.15) is 11.4 Å². The number of carbonyl (C=O) groups is 2. The summed E-state index contributed by atoms with van der Waals surface area (Å²) in [6.45, 7) is 5.64. The van der Waals surface area contributed by atoms with Crippen LogP contribution in [0.2, 0.25) is 0 Å². The zero-order valence-corrected chi connectivity index (χ0v) is 13.4. The van der Waals surface area contributed by atoms with Crippen LogP contribution in [-0.4, -0.2) is 29.3 Å². The van der Waals surface area contributed by atoms with Crippen LogP contribution in [0.15, 0.2) is 18.2 Å². The van der Waals surface area contributed by atoms with Crippen LogP contribution in [0.4, 0.5) is 9.18 Å². The highest BCUT2D eigenvalue weighted by Gasteiger charge is 2.15. The molecule has 0 saturated carbocycles. The molecule has 0 bridgehead atoms. The first-order chi connectivity index (χ1) is 10.7. The first-order valence-corrected chi connectivity index (χ1v) is 7.13. The van der Waals surface area contributed by atoms with E-state index in [4.69, 9.17) is 9.84 Å². The molecule has 0 spiro atoms. The van der Waals surface area contributed by atoms with Gasteiger partial charge >= 0.3 is 12.1 Å². The van der Waals surface area contributed by atoms with Gasteiger partial charge in [-0.2, -0.15) is 0 Å². The van der Waals surface area contributed by atoms with E-state index in [-0.39, 0.29) is 12.0 Å². The van der Waals surface area contributed by atoms with Gasteiger partial charge in [0.05, 0.1) is 6.42 Å². The van der Waals surface area contributed by atoms with Crippen LogP contribution >= 0.6 is 0 Å². The highest BCUT2D eigenvalue weighted by atomic mass is 19.1. The molecule has 1 aromatic rings. The van der Waals surface area contributed by atoms with Crippen molar-refractivity contribution in [3.63, 3.8) is 0 Å². The van der Waals surface area contributed by atoms with Crippen LogP contribution in [0.3, 0.4) is 0 Å². The lowest BCUT2D eigenvalue weighted by molar-refractivity contribution is -0.136. The number of hydrogen-bond acceptors (Lipinski definition) is 3. The number of aliphatic carboxylic acids is 1. The van der Waals surface area contributed by atoms with Crippen LogP contribution in [0, 0.1) is 17.7 Å². The Labute approximate surface area is 134 Å². The van der Waals surface area contributed by atoms with Crippen molar-refractivity contribution in [2.24, 2.45) is 0 Å². The smallest absolute Gasteiger partial charge is 0.407 e. The second kappa shape index (κ2) is 8.18. The van der Waals surface area contributed by atoms with Crippen molar-refractivity contribution in [2.45, 2.75) is 39.2 Å². The largest absolute Gasteiger partial charge is 0.481 e. The number of carbonyl (C=O) groups excluding carboxylic acids is 1. The number of halogens is 1. The van der Waals surface area contributed by atoms with Crippen LogP contribution < -0.4 is 5.32 Å². The van der Waals surface area contributed by atoms with Crippen molar-refractivity contribution >= 4 is 12.1 Å². The number of nitrogens with one attached hydrogen (secondary N) is 1. The molecule has 0 fully saturated rings. The number of benzene rings is 1. The van der Waals surface area contributed by atoms with Gasteiger partial charge in [-0.1, -0.05) is 17.9 Å². The molecule has 0 saturated heterocycles. The van der Waals surface area contributed by atoms with Gasteiger partial charge in [0, 0.05) is 18.5 Å². The van der Waals surface area contributed by atoms with Crippen LogP contribution in [0.25, 0.3) is 0 Å². The third kappa shape index (κ3) is 7.86. The van der Waals surface area contributed by atoms with E-state index in [1.165, 1.54) is 12.1 Å². The van der Waals surface area contributed by atoms with Gasteiger partial charge in [0.25, 0.3) is 0 Å². The van der Waals surface area contributed by atoms with Gasteiger partial charge in [-0.05, 0) is 38.5 Å². The summed E-state index contributed by atoms with van der Waals surface area (Å²) in [4.78, 5) is 21.9. The highest BCUT2D eigenvalue weighted by molar-refractivity contribution is 5.70. The van der Waals surface area contributed by atoms with Gasteiger partial charge in [-0.15, -0.1) is 0 Å². The zero-order valence-electron chi connectivity index (χ0n) is 13.4. The number of hydrogen-bond donors (Lipinski definition) is 2. The van der Waals surface area contributed by atoms with Gasteiger partial charge in [0.15, 0.2) is 0 Å². The number of alkyl carbamates (subject to hydrolysis) is 1. The van der Waals surface area contributed by atoms with Crippen molar-refractivity contribution in [3.05, 3.63) is 35.1 Å². The number of carboxylic acids is 1. The fraction of sp³-hybridized carbons (Fsp3) is 0.412. The summed E-state index contributed by atoms with van der Waals surface area (Å²) in [5.41, 5.74) is 0.0221. The summed E-state index contributed by atoms with van der Waals surface area (Å²) in [5, 5.41) is 11.2. The molecule has 23 heavy (non-hydrogen) atoms. The minimum absolute atomic E-state index is 0.120. The molecule has 0 aromatic heterocycles. The maximum Gasteiger partial charge on any atom is 0.407 e. The van der Waals surface area contributed by atoms with E-state index in [0.29, 0.717) is 18.5 Å². The first-order valence-electron chi connectivity index (χ1n) is 7.13. The monoisotopic (exact) mass is 321 g/mol. The normalized spacial score (nSPS) is 10.4. The van der Waals surface area contributed by atoms with Crippen LogP contribution in [0.1, 0.15) is 38.3 Å². The molecule has 1 amide bonds. The average Bonchev–Trinajstić information content (AvgIpc) is 2.39. The van der Waals surface area contributed by atoms with Gasteiger partial charge in [0.2, 0.25) is 0 Å². The molecule has 0 aliphatic rings. The second-order valence-electron chi connectivity index (χ2n) is 5.86. The number of ether oxygens (including phenoxy) is 1. The first kappa shape index (κ1) is 18.5. The van der Waals surface area contributed by atoms with E-state index < -0.39 is 23.5 Å². The Balaban J connectivity index is 2.46. The maximum absolute atomic E-state index is 13.6. The average molecular weight is 321 g/mol. The molecular weight excluding hydrogens is 301 g/mol.